The highest BCUT2D eigenvalue weighted by Crippen LogP contribution is 2.23. The van der Waals surface area contributed by atoms with Crippen molar-refractivity contribution in [1.29, 1.82) is 0 Å². The fraction of sp³-hybridized carbons (Fsp3) is 0.500. The summed E-state index contributed by atoms with van der Waals surface area (Å²) in [6.07, 6.45) is 0.319. The molecule has 1 heterocycles. The standard InChI is InChI=1S/C16H23BrN2O3Si/c1-23(2,3)11-10-22-12-19-15(20)8-9-18(16(19)21)14-6-4-13(17)5-7-14/h4-7H,8-12H2,1-3H3. The van der Waals surface area contributed by atoms with E-state index in [1.54, 1.807) is 4.90 Å². The Morgan fingerprint density at radius 3 is 2.43 bits per heavy atom. The number of rotatable bonds is 6. The van der Waals surface area contributed by atoms with E-state index in [0.29, 0.717) is 19.6 Å². The minimum atomic E-state index is -1.18. The lowest BCUT2D eigenvalue weighted by Crippen LogP contribution is -2.53. The molecule has 5 nitrogen and oxygen atoms in total. The van der Waals surface area contributed by atoms with Crippen molar-refractivity contribution in [2.24, 2.45) is 0 Å². The van der Waals surface area contributed by atoms with Crippen LogP contribution < -0.4 is 4.90 Å². The zero-order valence-corrected chi connectivity index (χ0v) is 16.4. The summed E-state index contributed by atoms with van der Waals surface area (Å²) in [5.74, 6) is -0.170. The highest BCUT2D eigenvalue weighted by atomic mass is 79.9. The molecule has 7 heteroatoms. The van der Waals surface area contributed by atoms with Crippen LogP contribution in [0.4, 0.5) is 10.5 Å². The van der Waals surface area contributed by atoms with E-state index in [1.165, 1.54) is 4.90 Å². The van der Waals surface area contributed by atoms with E-state index in [0.717, 1.165) is 16.2 Å². The monoisotopic (exact) mass is 398 g/mol. The molecule has 0 spiro atoms. The number of halogens is 1. The van der Waals surface area contributed by atoms with E-state index in [4.69, 9.17) is 4.74 Å². The average molecular weight is 399 g/mol. The van der Waals surface area contributed by atoms with Crippen molar-refractivity contribution in [3.63, 3.8) is 0 Å². The van der Waals surface area contributed by atoms with Gasteiger partial charge in [0.15, 0.2) is 0 Å². The first-order valence-corrected chi connectivity index (χ1v) is 12.2. The SMILES string of the molecule is C[Si](C)(C)CCOCN1C(=O)CCN(c2ccc(Br)cc2)C1=O. The summed E-state index contributed by atoms with van der Waals surface area (Å²) in [4.78, 5) is 27.4. The van der Waals surface area contributed by atoms with Crippen LogP contribution in [0.1, 0.15) is 6.42 Å². The Morgan fingerprint density at radius 1 is 1.17 bits per heavy atom. The van der Waals surface area contributed by atoms with Crippen molar-refractivity contribution < 1.29 is 14.3 Å². The molecule has 0 unspecified atom stereocenters. The lowest BCUT2D eigenvalue weighted by Gasteiger charge is -2.34. The summed E-state index contributed by atoms with van der Waals surface area (Å²) >= 11 is 3.38. The van der Waals surface area contributed by atoms with Crippen LogP contribution in [0.2, 0.25) is 25.7 Å². The molecule has 0 N–H and O–H groups in total. The largest absolute Gasteiger partial charge is 0.361 e. The lowest BCUT2D eigenvalue weighted by molar-refractivity contribution is -0.133. The van der Waals surface area contributed by atoms with Gasteiger partial charge in [-0.3, -0.25) is 9.69 Å². The van der Waals surface area contributed by atoms with Crippen LogP contribution in [-0.2, 0) is 9.53 Å². The quantitative estimate of drug-likeness (QED) is 0.538. The van der Waals surface area contributed by atoms with Gasteiger partial charge in [0.05, 0.1) is 0 Å². The summed E-state index contributed by atoms with van der Waals surface area (Å²) in [6.45, 7) is 7.83. The predicted octanol–water partition coefficient (Wildman–Crippen LogP) is 3.92. The van der Waals surface area contributed by atoms with Gasteiger partial charge < -0.3 is 4.74 Å². The number of ether oxygens (including phenoxy) is 1. The molecule has 0 aliphatic carbocycles. The fourth-order valence-corrected chi connectivity index (χ4v) is 3.23. The maximum absolute atomic E-state index is 12.6. The van der Waals surface area contributed by atoms with E-state index in [-0.39, 0.29) is 18.7 Å². The molecule has 1 aromatic carbocycles. The Labute approximate surface area is 146 Å². The average Bonchev–Trinajstić information content (AvgIpc) is 2.46. The number of anilines is 1. The third-order valence-corrected chi connectivity index (χ3v) is 5.90. The number of carbonyl (C=O) groups is 2. The Hall–Kier alpha value is -1.18. The maximum atomic E-state index is 12.6. The van der Waals surface area contributed by atoms with Gasteiger partial charge >= 0.3 is 6.03 Å². The highest BCUT2D eigenvalue weighted by Gasteiger charge is 2.32. The van der Waals surface area contributed by atoms with Gasteiger partial charge in [0.2, 0.25) is 5.91 Å². The van der Waals surface area contributed by atoms with Crippen molar-refractivity contribution in [2.75, 3.05) is 24.8 Å². The summed E-state index contributed by atoms with van der Waals surface area (Å²) in [7, 11) is -1.18. The molecular formula is C16H23BrN2O3Si. The van der Waals surface area contributed by atoms with Gasteiger partial charge in [-0.15, -0.1) is 0 Å². The molecule has 1 saturated heterocycles. The van der Waals surface area contributed by atoms with E-state index in [1.807, 2.05) is 24.3 Å². The number of urea groups is 1. The van der Waals surface area contributed by atoms with Crippen LogP contribution in [0.5, 0.6) is 0 Å². The number of imide groups is 1. The summed E-state index contributed by atoms with van der Waals surface area (Å²) in [5.41, 5.74) is 0.790. The van der Waals surface area contributed by atoms with E-state index < -0.39 is 8.07 Å². The third kappa shape index (κ3) is 5.15. The molecule has 0 saturated carbocycles. The number of benzene rings is 1. The molecule has 3 amide bonds. The van der Waals surface area contributed by atoms with Gasteiger partial charge in [-0.1, -0.05) is 35.6 Å². The van der Waals surface area contributed by atoms with Crippen molar-refractivity contribution in [2.45, 2.75) is 32.1 Å². The highest BCUT2D eigenvalue weighted by molar-refractivity contribution is 9.10. The van der Waals surface area contributed by atoms with E-state index >= 15 is 0 Å². The molecule has 0 aromatic heterocycles. The molecule has 2 rings (SSSR count). The predicted molar refractivity (Wildman–Crippen MR) is 97.3 cm³/mol. The normalized spacial score (nSPS) is 16.2. The fourth-order valence-electron chi connectivity index (χ4n) is 2.21. The van der Waals surface area contributed by atoms with Gasteiger partial charge in [0.1, 0.15) is 6.73 Å². The number of amides is 3. The van der Waals surface area contributed by atoms with Gasteiger partial charge in [0.25, 0.3) is 0 Å². The number of nitrogens with zero attached hydrogens (tertiary/aromatic N) is 2. The minimum absolute atomic E-state index is 0.0369. The first kappa shape index (κ1) is 18.2. The molecule has 1 aromatic rings. The van der Waals surface area contributed by atoms with Crippen molar-refractivity contribution in [1.82, 2.24) is 4.90 Å². The van der Waals surface area contributed by atoms with Crippen molar-refractivity contribution in [3.05, 3.63) is 28.7 Å². The van der Waals surface area contributed by atoms with Crippen LogP contribution in [0, 0.1) is 0 Å². The molecule has 1 aliphatic rings. The molecule has 1 fully saturated rings. The van der Waals surface area contributed by atoms with Crippen LogP contribution in [-0.4, -0.2) is 44.8 Å². The van der Waals surface area contributed by atoms with Crippen LogP contribution >= 0.6 is 15.9 Å². The van der Waals surface area contributed by atoms with E-state index in [9.17, 15) is 9.59 Å². The van der Waals surface area contributed by atoms with Gasteiger partial charge in [-0.05, 0) is 30.3 Å². The number of hydrogen-bond donors (Lipinski definition) is 0. The smallest absolute Gasteiger partial charge is 0.333 e. The first-order chi connectivity index (χ1) is 10.8. The third-order valence-electron chi connectivity index (χ3n) is 3.67. The topological polar surface area (TPSA) is 49.9 Å². The first-order valence-electron chi connectivity index (χ1n) is 7.73. The Bertz CT molecular complexity index is 572. The van der Waals surface area contributed by atoms with Crippen molar-refractivity contribution >= 4 is 41.6 Å². The molecule has 126 valence electrons. The Morgan fingerprint density at radius 2 is 1.83 bits per heavy atom. The van der Waals surface area contributed by atoms with Crippen LogP contribution in [0.25, 0.3) is 0 Å². The Balaban J connectivity index is 1.97. The lowest BCUT2D eigenvalue weighted by atomic mass is 10.2. The summed E-state index contributed by atoms with van der Waals surface area (Å²) in [6, 6.07) is 8.20. The zero-order valence-electron chi connectivity index (χ0n) is 13.8. The van der Waals surface area contributed by atoms with Crippen LogP contribution in [0.15, 0.2) is 28.7 Å². The summed E-state index contributed by atoms with van der Waals surface area (Å²) in [5, 5.41) is 0. The summed E-state index contributed by atoms with van der Waals surface area (Å²) < 4.78 is 6.53. The second-order valence-corrected chi connectivity index (χ2v) is 13.4. The molecule has 0 bridgehead atoms. The number of hydrogen-bond acceptors (Lipinski definition) is 3. The number of carbonyl (C=O) groups excluding carboxylic acids is 2. The zero-order chi connectivity index (χ0) is 17.0. The molecule has 0 radical (unpaired) electrons. The Kier molecular flexibility index (Phi) is 5.99. The second-order valence-electron chi connectivity index (χ2n) is 6.83. The van der Waals surface area contributed by atoms with Crippen LogP contribution in [0.3, 0.4) is 0 Å². The molecule has 23 heavy (non-hydrogen) atoms. The molecular weight excluding hydrogens is 376 g/mol. The molecule has 1 aliphatic heterocycles. The van der Waals surface area contributed by atoms with Crippen molar-refractivity contribution in [3.8, 4) is 0 Å². The minimum Gasteiger partial charge on any atom is -0.361 e. The van der Waals surface area contributed by atoms with Gasteiger partial charge in [-0.25, -0.2) is 9.69 Å². The molecule has 0 atom stereocenters. The maximum Gasteiger partial charge on any atom is 0.333 e. The van der Waals surface area contributed by atoms with E-state index in [2.05, 4.69) is 35.6 Å². The van der Waals surface area contributed by atoms with Gasteiger partial charge in [0, 0.05) is 37.8 Å². The van der Waals surface area contributed by atoms with Gasteiger partial charge in [-0.2, -0.15) is 0 Å². The second kappa shape index (κ2) is 7.59.